The molecule has 13 heteroatoms. The van der Waals surface area contributed by atoms with Crippen LogP contribution in [0, 0.1) is 0 Å². The van der Waals surface area contributed by atoms with E-state index in [0.29, 0.717) is 29.5 Å². The number of aliphatic carboxylic acids is 1. The number of piperazine rings is 1. The van der Waals surface area contributed by atoms with E-state index in [4.69, 9.17) is 21.3 Å². The minimum absolute atomic E-state index is 0.129. The maximum Gasteiger partial charge on any atom is 0.326 e. The summed E-state index contributed by atoms with van der Waals surface area (Å²) in [7, 11) is 1.83. The van der Waals surface area contributed by atoms with Gasteiger partial charge in [0.2, 0.25) is 5.91 Å². The number of carboxylic acids is 1. The van der Waals surface area contributed by atoms with Crippen LogP contribution in [0.3, 0.4) is 0 Å². The predicted octanol–water partition coefficient (Wildman–Crippen LogP) is 4.00. The Bertz CT molecular complexity index is 1640. The number of carbonyl (C=O) groups excluding carboxylic acids is 3. The first-order chi connectivity index (χ1) is 20.8. The summed E-state index contributed by atoms with van der Waals surface area (Å²) in [5.74, 6) is -1.05. The lowest BCUT2D eigenvalue weighted by Gasteiger charge is -2.35. The topological polar surface area (TPSA) is 146 Å². The Hall–Kier alpha value is -4.71. The molecule has 2 atom stereocenters. The third kappa shape index (κ3) is 6.45. The number of urea groups is 1. The summed E-state index contributed by atoms with van der Waals surface area (Å²) in [6.07, 6.45) is 2.73. The van der Waals surface area contributed by atoms with Gasteiger partial charge < -0.3 is 24.6 Å². The number of hydrogen-bond donors (Lipinski definition) is 2. The van der Waals surface area contributed by atoms with Gasteiger partial charge in [0.05, 0.1) is 5.56 Å². The summed E-state index contributed by atoms with van der Waals surface area (Å²) >= 11 is 6.21. The highest BCUT2D eigenvalue weighted by Crippen LogP contribution is 2.45. The van der Waals surface area contributed by atoms with Crippen molar-refractivity contribution in [1.29, 1.82) is 0 Å². The van der Waals surface area contributed by atoms with E-state index in [9.17, 15) is 24.3 Å². The van der Waals surface area contributed by atoms with Crippen molar-refractivity contribution < 1.29 is 29.0 Å². The highest BCUT2D eigenvalue weighted by atomic mass is 35.5. The van der Waals surface area contributed by atoms with Crippen molar-refractivity contribution >= 4 is 41.1 Å². The molecule has 44 heavy (non-hydrogen) atoms. The molecule has 3 aromatic rings. The van der Waals surface area contributed by atoms with E-state index in [0.717, 1.165) is 5.56 Å². The van der Waals surface area contributed by atoms with Gasteiger partial charge in [-0.2, -0.15) is 0 Å². The molecule has 2 aromatic carbocycles. The first kappa shape index (κ1) is 30.7. The van der Waals surface area contributed by atoms with Crippen LogP contribution in [0.2, 0.25) is 5.02 Å². The average Bonchev–Trinajstić information content (AvgIpc) is 3.55. The van der Waals surface area contributed by atoms with Crippen LogP contribution in [-0.2, 0) is 16.6 Å². The molecule has 12 nitrogen and oxygen atoms in total. The second kappa shape index (κ2) is 12.1. The van der Waals surface area contributed by atoms with Gasteiger partial charge in [-0.15, -0.1) is 0 Å². The Morgan fingerprint density at radius 1 is 1.14 bits per heavy atom. The molecule has 0 spiro atoms. The number of rotatable bonds is 7. The molecule has 2 N–H and O–H groups in total. The Morgan fingerprint density at radius 3 is 2.48 bits per heavy atom. The summed E-state index contributed by atoms with van der Waals surface area (Å²) in [5, 5.41) is 12.5. The molecule has 3 heterocycles. The molecule has 2 aliphatic heterocycles. The number of amidine groups is 1. The number of aryl methyl sites for hydroxylation is 1. The van der Waals surface area contributed by atoms with E-state index in [2.05, 4.69) is 10.3 Å². The normalized spacial score (nSPS) is 18.6. The van der Waals surface area contributed by atoms with Gasteiger partial charge in [0.25, 0.3) is 0 Å². The first-order valence-corrected chi connectivity index (χ1v) is 14.4. The number of halogens is 1. The van der Waals surface area contributed by atoms with Crippen LogP contribution in [0.5, 0.6) is 5.75 Å². The van der Waals surface area contributed by atoms with Gasteiger partial charge in [-0.1, -0.05) is 29.8 Å². The summed E-state index contributed by atoms with van der Waals surface area (Å²) in [5.41, 5.74) is 0.613. The van der Waals surface area contributed by atoms with Crippen LogP contribution in [0.25, 0.3) is 0 Å². The number of carbonyl (C=O) groups is 4. The van der Waals surface area contributed by atoms with Crippen LogP contribution in [0.1, 0.15) is 66.6 Å². The maximum absolute atomic E-state index is 14.4. The van der Waals surface area contributed by atoms with Crippen LogP contribution < -0.4 is 10.1 Å². The summed E-state index contributed by atoms with van der Waals surface area (Å²) < 4.78 is 8.12. The summed E-state index contributed by atoms with van der Waals surface area (Å²) in [6.45, 7) is 5.97. The number of imidazole rings is 1. The molecular weight excluding hydrogens is 588 g/mol. The lowest BCUT2D eigenvalue weighted by molar-refractivity contribution is -0.136. The smallest absolute Gasteiger partial charge is 0.326 e. The largest absolute Gasteiger partial charge is 0.487 e. The fraction of sp³-hybridized carbons (Fsp3) is 0.355. The third-order valence-corrected chi connectivity index (χ3v) is 7.44. The summed E-state index contributed by atoms with van der Waals surface area (Å²) in [4.78, 5) is 63.5. The molecule has 3 amide bonds. The van der Waals surface area contributed by atoms with Crippen LogP contribution >= 0.6 is 11.6 Å². The van der Waals surface area contributed by atoms with Crippen molar-refractivity contribution in [2.24, 2.45) is 12.0 Å². The molecule has 1 aromatic heterocycles. The molecule has 1 saturated heterocycles. The molecule has 2 aliphatic rings. The zero-order chi connectivity index (χ0) is 31.8. The number of amides is 3. The van der Waals surface area contributed by atoms with Crippen molar-refractivity contribution in [3.05, 3.63) is 82.4 Å². The Labute approximate surface area is 259 Å². The zero-order valence-corrected chi connectivity index (χ0v) is 25.5. The van der Waals surface area contributed by atoms with Gasteiger partial charge in [0.15, 0.2) is 5.78 Å². The van der Waals surface area contributed by atoms with Crippen molar-refractivity contribution in [2.45, 2.75) is 44.9 Å². The molecule has 5 rings (SSSR count). The highest BCUT2D eigenvalue weighted by Gasteiger charge is 2.47. The van der Waals surface area contributed by atoms with Crippen LogP contribution in [0.4, 0.5) is 4.79 Å². The van der Waals surface area contributed by atoms with E-state index in [1.165, 1.54) is 21.9 Å². The monoisotopic (exact) mass is 620 g/mol. The number of aromatic nitrogens is 2. The van der Waals surface area contributed by atoms with Gasteiger partial charge in [-0.3, -0.25) is 24.3 Å². The molecule has 0 radical (unpaired) electrons. The fourth-order valence-electron chi connectivity index (χ4n) is 5.27. The fourth-order valence-corrected chi connectivity index (χ4v) is 5.40. The van der Waals surface area contributed by atoms with E-state index in [-0.39, 0.29) is 29.6 Å². The van der Waals surface area contributed by atoms with Crippen molar-refractivity contribution in [3.8, 4) is 5.75 Å². The van der Waals surface area contributed by atoms with E-state index in [1.54, 1.807) is 30.6 Å². The molecule has 0 aliphatic carbocycles. The van der Waals surface area contributed by atoms with Gasteiger partial charge in [0.1, 0.15) is 48.1 Å². The summed E-state index contributed by atoms with van der Waals surface area (Å²) in [6, 6.07) is 9.97. The number of hydrogen-bond acceptors (Lipinski definition) is 7. The minimum atomic E-state index is -1.25. The number of carboxylic acid groups (broad SMARTS) is 1. The Morgan fingerprint density at radius 2 is 1.86 bits per heavy atom. The highest BCUT2D eigenvalue weighted by molar-refractivity contribution is 6.30. The number of ketones is 1. The van der Waals surface area contributed by atoms with Crippen LogP contribution in [0.15, 0.2) is 59.9 Å². The number of benzene rings is 2. The van der Waals surface area contributed by atoms with Gasteiger partial charge in [-0.05, 0) is 50.6 Å². The Balaban J connectivity index is 1.72. The lowest BCUT2D eigenvalue weighted by Crippen LogP contribution is -2.55. The quantitative estimate of drug-likeness (QED) is 0.300. The van der Waals surface area contributed by atoms with Crippen LogP contribution in [-0.4, -0.2) is 79.2 Å². The van der Waals surface area contributed by atoms with Gasteiger partial charge in [0, 0.05) is 43.1 Å². The SMILES string of the molecule is Cn1ccnc1C1C(c2ccc(Cl)cc2)N=C(c2ccc(C(=O)CC(=O)O)cc2OC(C)(C)C)N1C(=O)N1CCNC(=O)C1. The number of Topliss-reactive ketones (excluding diaryl/α,β-unsaturated/α-hetero) is 1. The minimum Gasteiger partial charge on any atom is -0.487 e. The Kier molecular flexibility index (Phi) is 8.46. The second-order valence-electron chi connectivity index (χ2n) is 11.6. The van der Waals surface area contributed by atoms with Gasteiger partial charge >= 0.3 is 12.0 Å². The molecule has 0 saturated carbocycles. The molecule has 230 valence electrons. The van der Waals surface area contributed by atoms with Crippen molar-refractivity contribution in [1.82, 2.24) is 24.7 Å². The predicted molar refractivity (Wildman–Crippen MR) is 162 cm³/mol. The molecule has 1 fully saturated rings. The molecule has 0 bridgehead atoms. The number of aliphatic imine (C=N–C) groups is 1. The van der Waals surface area contributed by atoms with E-state index < -0.39 is 41.9 Å². The number of nitrogens with one attached hydrogen (secondary N) is 1. The van der Waals surface area contributed by atoms with E-state index in [1.807, 2.05) is 44.5 Å². The van der Waals surface area contributed by atoms with Gasteiger partial charge in [-0.25, -0.2) is 9.78 Å². The number of ether oxygens (including phenoxy) is 1. The standard InChI is InChI=1S/C31H33ClN6O6/c1-31(2,3)44-23-15-19(22(39)16-25(41)42)7-10-21(23)28-35-26(18-5-8-20(32)9-6-18)27(29-34-11-13-36(29)4)38(28)30(43)37-14-12-33-24(40)17-37/h5-11,13,15,26-27H,12,14,16-17H2,1-4H3,(H,33,40)(H,41,42). The zero-order valence-electron chi connectivity index (χ0n) is 24.8. The van der Waals surface area contributed by atoms with Crippen molar-refractivity contribution in [3.63, 3.8) is 0 Å². The second-order valence-corrected chi connectivity index (χ2v) is 12.1. The first-order valence-electron chi connectivity index (χ1n) is 14.1. The van der Waals surface area contributed by atoms with E-state index >= 15 is 0 Å². The lowest BCUT2D eigenvalue weighted by atomic mass is 9.99. The molecule has 2 unspecified atom stereocenters. The average molecular weight is 621 g/mol. The maximum atomic E-state index is 14.4. The third-order valence-electron chi connectivity index (χ3n) is 7.19. The molecular formula is C31H33ClN6O6. The number of nitrogens with zero attached hydrogens (tertiary/aromatic N) is 5. The van der Waals surface area contributed by atoms with Crippen molar-refractivity contribution in [2.75, 3.05) is 19.6 Å².